The molecule has 1 aromatic carbocycles. The monoisotopic (exact) mass is 250 g/mol. The summed E-state index contributed by atoms with van der Waals surface area (Å²) in [6.07, 6.45) is 0. The van der Waals surface area contributed by atoms with Crippen molar-refractivity contribution in [1.29, 1.82) is 0 Å². The molecule has 1 aliphatic rings. The fraction of sp³-hybridized carbons (Fsp3) is 0.462. The van der Waals surface area contributed by atoms with Crippen LogP contribution in [0.15, 0.2) is 18.2 Å². The van der Waals surface area contributed by atoms with Crippen LogP contribution in [0.2, 0.25) is 0 Å². The highest BCUT2D eigenvalue weighted by Crippen LogP contribution is 2.23. The molecule has 1 saturated heterocycles. The van der Waals surface area contributed by atoms with Crippen molar-refractivity contribution in [1.82, 2.24) is 10.6 Å². The van der Waals surface area contributed by atoms with Crippen LogP contribution in [0.1, 0.15) is 17.3 Å². The van der Waals surface area contributed by atoms with Crippen molar-refractivity contribution in [3.8, 4) is 11.5 Å². The number of hydrogen-bond donors (Lipinski definition) is 3. The van der Waals surface area contributed by atoms with Crippen LogP contribution in [-0.4, -0.2) is 37.3 Å². The van der Waals surface area contributed by atoms with Gasteiger partial charge in [0.15, 0.2) is 0 Å². The summed E-state index contributed by atoms with van der Waals surface area (Å²) >= 11 is 0. The van der Waals surface area contributed by atoms with E-state index in [2.05, 4.69) is 17.6 Å². The molecule has 0 saturated carbocycles. The molecular formula is C13H18N2O3. The van der Waals surface area contributed by atoms with E-state index < -0.39 is 0 Å². The SMILES string of the molecule is COc1ccc(C(=O)NC2CNCC2C)c(O)c1. The van der Waals surface area contributed by atoms with Crippen LogP contribution in [0.5, 0.6) is 11.5 Å². The third-order valence-corrected chi connectivity index (χ3v) is 3.28. The molecule has 3 N–H and O–H groups in total. The van der Waals surface area contributed by atoms with E-state index in [-0.39, 0.29) is 23.3 Å². The molecule has 2 rings (SSSR count). The van der Waals surface area contributed by atoms with E-state index in [1.54, 1.807) is 12.1 Å². The van der Waals surface area contributed by atoms with E-state index in [1.165, 1.54) is 13.2 Å². The highest BCUT2D eigenvalue weighted by atomic mass is 16.5. The maximum Gasteiger partial charge on any atom is 0.255 e. The maximum absolute atomic E-state index is 12.0. The van der Waals surface area contributed by atoms with Gasteiger partial charge in [0.25, 0.3) is 5.91 Å². The molecule has 1 aromatic rings. The Labute approximate surface area is 106 Å². The van der Waals surface area contributed by atoms with Crippen molar-refractivity contribution in [2.75, 3.05) is 20.2 Å². The topological polar surface area (TPSA) is 70.6 Å². The van der Waals surface area contributed by atoms with E-state index in [0.717, 1.165) is 13.1 Å². The summed E-state index contributed by atoms with van der Waals surface area (Å²) in [6.45, 7) is 3.75. The molecule has 18 heavy (non-hydrogen) atoms. The minimum absolute atomic E-state index is 0.0644. The number of phenols is 1. The van der Waals surface area contributed by atoms with Crippen molar-refractivity contribution in [2.24, 2.45) is 5.92 Å². The molecule has 5 nitrogen and oxygen atoms in total. The number of benzene rings is 1. The van der Waals surface area contributed by atoms with Gasteiger partial charge in [-0.15, -0.1) is 0 Å². The average Bonchev–Trinajstić information content (AvgIpc) is 2.74. The molecule has 0 spiro atoms. The lowest BCUT2D eigenvalue weighted by atomic mass is 10.1. The number of amides is 1. The highest BCUT2D eigenvalue weighted by Gasteiger charge is 2.25. The Balaban J connectivity index is 2.09. The van der Waals surface area contributed by atoms with Gasteiger partial charge in [-0.25, -0.2) is 0 Å². The molecule has 5 heteroatoms. The molecule has 0 bridgehead atoms. The molecule has 1 fully saturated rings. The van der Waals surface area contributed by atoms with Crippen LogP contribution < -0.4 is 15.4 Å². The van der Waals surface area contributed by atoms with Crippen LogP contribution in [0.3, 0.4) is 0 Å². The zero-order valence-electron chi connectivity index (χ0n) is 10.6. The summed E-state index contributed by atoms with van der Waals surface area (Å²) in [4.78, 5) is 12.0. The predicted octanol–water partition coefficient (Wildman–Crippen LogP) is 0.738. The molecule has 1 aliphatic heterocycles. The average molecular weight is 250 g/mol. The van der Waals surface area contributed by atoms with Crippen LogP contribution >= 0.6 is 0 Å². The second-order valence-electron chi connectivity index (χ2n) is 4.60. The van der Waals surface area contributed by atoms with Crippen molar-refractivity contribution in [2.45, 2.75) is 13.0 Å². The number of carbonyl (C=O) groups excluding carboxylic acids is 1. The first-order valence-corrected chi connectivity index (χ1v) is 6.00. The number of ether oxygens (including phenoxy) is 1. The quantitative estimate of drug-likeness (QED) is 0.740. The summed E-state index contributed by atoms with van der Waals surface area (Å²) in [7, 11) is 1.51. The van der Waals surface area contributed by atoms with Gasteiger partial charge in [-0.05, 0) is 24.6 Å². The lowest BCUT2D eigenvalue weighted by Gasteiger charge is -2.16. The van der Waals surface area contributed by atoms with Crippen molar-refractivity contribution >= 4 is 5.91 Å². The van der Waals surface area contributed by atoms with Crippen molar-refractivity contribution in [3.63, 3.8) is 0 Å². The third kappa shape index (κ3) is 2.56. The Morgan fingerprint density at radius 2 is 2.28 bits per heavy atom. The van der Waals surface area contributed by atoms with Gasteiger partial charge in [0.2, 0.25) is 0 Å². The van der Waals surface area contributed by atoms with E-state index in [9.17, 15) is 9.90 Å². The van der Waals surface area contributed by atoms with Crippen LogP contribution in [0, 0.1) is 5.92 Å². The Morgan fingerprint density at radius 3 is 2.83 bits per heavy atom. The fourth-order valence-electron chi connectivity index (χ4n) is 2.08. The van der Waals surface area contributed by atoms with Crippen LogP contribution in [-0.2, 0) is 0 Å². The summed E-state index contributed by atoms with van der Waals surface area (Å²) in [6, 6.07) is 4.77. The molecular weight excluding hydrogens is 232 g/mol. The smallest absolute Gasteiger partial charge is 0.255 e. The van der Waals surface area contributed by atoms with E-state index in [1.807, 2.05) is 0 Å². The largest absolute Gasteiger partial charge is 0.507 e. The lowest BCUT2D eigenvalue weighted by Crippen LogP contribution is -2.39. The second-order valence-corrected chi connectivity index (χ2v) is 4.60. The molecule has 0 aromatic heterocycles. The highest BCUT2D eigenvalue weighted by molar-refractivity contribution is 5.97. The predicted molar refractivity (Wildman–Crippen MR) is 67.9 cm³/mol. The van der Waals surface area contributed by atoms with Gasteiger partial charge in [0.1, 0.15) is 11.5 Å². The van der Waals surface area contributed by atoms with Gasteiger partial charge >= 0.3 is 0 Å². The Bertz CT molecular complexity index is 448. The molecule has 0 aliphatic carbocycles. The number of rotatable bonds is 3. The van der Waals surface area contributed by atoms with Crippen LogP contribution in [0.25, 0.3) is 0 Å². The number of methoxy groups -OCH3 is 1. The first-order valence-electron chi connectivity index (χ1n) is 6.00. The van der Waals surface area contributed by atoms with Gasteiger partial charge in [-0.2, -0.15) is 0 Å². The molecule has 2 atom stereocenters. The summed E-state index contributed by atoms with van der Waals surface area (Å²) < 4.78 is 4.98. The van der Waals surface area contributed by atoms with E-state index in [4.69, 9.17) is 4.74 Å². The van der Waals surface area contributed by atoms with Gasteiger partial charge < -0.3 is 20.5 Å². The summed E-state index contributed by atoms with van der Waals surface area (Å²) in [5.74, 6) is 0.607. The Morgan fingerprint density at radius 1 is 1.50 bits per heavy atom. The van der Waals surface area contributed by atoms with Gasteiger partial charge in [-0.1, -0.05) is 6.92 Å². The molecule has 0 radical (unpaired) electrons. The van der Waals surface area contributed by atoms with Crippen LogP contribution in [0.4, 0.5) is 0 Å². The zero-order chi connectivity index (χ0) is 13.1. The third-order valence-electron chi connectivity index (χ3n) is 3.28. The summed E-state index contributed by atoms with van der Waals surface area (Å²) in [5.41, 5.74) is 0.273. The van der Waals surface area contributed by atoms with E-state index >= 15 is 0 Å². The standard InChI is InChI=1S/C13H18N2O3/c1-8-6-14-7-11(8)15-13(17)10-4-3-9(18-2)5-12(10)16/h3-5,8,11,14,16H,6-7H2,1-2H3,(H,15,17). The Hall–Kier alpha value is -1.75. The number of hydrogen-bond acceptors (Lipinski definition) is 4. The number of nitrogens with one attached hydrogen (secondary N) is 2. The van der Waals surface area contributed by atoms with Gasteiger partial charge in [0, 0.05) is 18.7 Å². The van der Waals surface area contributed by atoms with Gasteiger partial charge in [0.05, 0.1) is 12.7 Å². The number of aromatic hydroxyl groups is 1. The van der Waals surface area contributed by atoms with E-state index in [0.29, 0.717) is 11.7 Å². The van der Waals surface area contributed by atoms with Crippen molar-refractivity contribution in [3.05, 3.63) is 23.8 Å². The molecule has 1 heterocycles. The first-order chi connectivity index (χ1) is 8.61. The number of carbonyl (C=O) groups is 1. The zero-order valence-corrected chi connectivity index (χ0v) is 10.6. The first kappa shape index (κ1) is 12.7. The second kappa shape index (κ2) is 5.27. The van der Waals surface area contributed by atoms with Gasteiger partial charge in [-0.3, -0.25) is 4.79 Å². The molecule has 1 amide bonds. The molecule has 2 unspecified atom stereocenters. The normalized spacial score (nSPS) is 22.8. The minimum atomic E-state index is -0.254. The van der Waals surface area contributed by atoms with Crippen molar-refractivity contribution < 1.29 is 14.6 Å². The maximum atomic E-state index is 12.0. The number of phenolic OH excluding ortho intramolecular Hbond substituents is 1. The molecule has 98 valence electrons. The minimum Gasteiger partial charge on any atom is -0.507 e. The fourth-order valence-corrected chi connectivity index (χ4v) is 2.08. The Kier molecular flexibility index (Phi) is 3.72. The lowest BCUT2D eigenvalue weighted by molar-refractivity contribution is 0.0930. The summed E-state index contributed by atoms with van der Waals surface area (Å²) in [5, 5.41) is 15.9.